The Balaban J connectivity index is 1.73. The second kappa shape index (κ2) is 8.12. The van der Waals surface area contributed by atoms with Crippen molar-refractivity contribution in [2.75, 3.05) is 26.2 Å². The van der Waals surface area contributed by atoms with Gasteiger partial charge in [0.1, 0.15) is 4.88 Å². The Kier molecular flexibility index (Phi) is 5.56. The van der Waals surface area contributed by atoms with Crippen molar-refractivity contribution in [1.29, 1.82) is 0 Å². The normalized spacial score (nSPS) is 16.4. The van der Waals surface area contributed by atoms with Crippen molar-refractivity contribution in [3.63, 3.8) is 0 Å². The number of aromatic hydroxyl groups is 1. The molecule has 1 aliphatic rings. The summed E-state index contributed by atoms with van der Waals surface area (Å²) in [6.07, 6.45) is 1.74. The van der Waals surface area contributed by atoms with Crippen molar-refractivity contribution in [2.45, 2.75) is 39.7 Å². The maximum Gasteiger partial charge on any atom is 0.235 e. The number of thiazole rings is 1. The minimum Gasteiger partial charge on any atom is -0.492 e. The van der Waals surface area contributed by atoms with Crippen LogP contribution in [0.5, 0.6) is 5.88 Å². The van der Waals surface area contributed by atoms with Crippen molar-refractivity contribution in [1.82, 2.24) is 19.5 Å². The van der Waals surface area contributed by atoms with Crippen LogP contribution < -0.4 is 4.90 Å². The Bertz CT molecular complexity index is 1000. The minimum absolute atomic E-state index is 0.00593. The molecule has 0 aliphatic carbocycles. The van der Waals surface area contributed by atoms with Gasteiger partial charge in [-0.3, -0.25) is 4.79 Å². The Morgan fingerprint density at radius 1 is 1.21 bits per heavy atom. The monoisotopic (exact) mass is 414 g/mol. The Hall–Kier alpha value is -2.45. The predicted octanol–water partition coefficient (Wildman–Crippen LogP) is 1.46. The summed E-state index contributed by atoms with van der Waals surface area (Å²) in [4.78, 5) is 21.2. The average Bonchev–Trinajstić information content (AvgIpc) is 3.28. The molecule has 0 unspecified atom stereocenters. The predicted molar refractivity (Wildman–Crippen MR) is 113 cm³/mol. The van der Waals surface area contributed by atoms with E-state index < -0.39 is 0 Å². The Morgan fingerprint density at radius 2 is 1.90 bits per heavy atom. The largest absolute Gasteiger partial charge is 0.492 e. The van der Waals surface area contributed by atoms with Gasteiger partial charge in [-0.25, -0.2) is 4.98 Å². The SMILES string of the molecule is CCc1ccc([C@H](c2sc3nc(CC)nn3c2O)[NH+]2CCN(C(C)=O)CC2)cc1. The van der Waals surface area contributed by atoms with E-state index >= 15 is 0 Å². The number of carbonyl (C=O) groups excluding carboxylic acids is 1. The summed E-state index contributed by atoms with van der Waals surface area (Å²) >= 11 is 1.51. The molecule has 1 aliphatic heterocycles. The number of fused-ring (bicyclic) bond motifs is 1. The fourth-order valence-corrected chi connectivity index (χ4v) is 5.20. The van der Waals surface area contributed by atoms with Crippen molar-refractivity contribution >= 4 is 22.2 Å². The van der Waals surface area contributed by atoms with Crippen molar-refractivity contribution in [3.05, 3.63) is 46.1 Å². The summed E-state index contributed by atoms with van der Waals surface area (Å²) in [5.74, 6) is 1.05. The maximum atomic E-state index is 11.7. The first-order chi connectivity index (χ1) is 14.0. The molecule has 154 valence electrons. The highest BCUT2D eigenvalue weighted by Crippen LogP contribution is 2.35. The van der Waals surface area contributed by atoms with Gasteiger partial charge < -0.3 is 14.9 Å². The molecule has 1 amide bonds. The Morgan fingerprint density at radius 3 is 2.45 bits per heavy atom. The molecular formula is C21H28N5O2S+. The van der Waals surface area contributed by atoms with Crippen LogP contribution >= 0.6 is 11.3 Å². The number of hydrogen-bond acceptors (Lipinski definition) is 5. The number of aryl methyl sites for hydroxylation is 2. The highest BCUT2D eigenvalue weighted by Gasteiger charge is 2.35. The van der Waals surface area contributed by atoms with Gasteiger partial charge in [-0.2, -0.15) is 4.52 Å². The van der Waals surface area contributed by atoms with Crippen LogP contribution in [0.25, 0.3) is 4.96 Å². The van der Waals surface area contributed by atoms with Gasteiger partial charge in [0, 0.05) is 18.9 Å². The van der Waals surface area contributed by atoms with Crippen LogP contribution in [0.15, 0.2) is 24.3 Å². The summed E-state index contributed by atoms with van der Waals surface area (Å²) in [7, 11) is 0. The lowest BCUT2D eigenvalue weighted by atomic mass is 10.0. The van der Waals surface area contributed by atoms with Crippen LogP contribution in [-0.4, -0.2) is 56.7 Å². The topological polar surface area (TPSA) is 75.2 Å². The van der Waals surface area contributed by atoms with Crippen LogP contribution in [-0.2, 0) is 17.6 Å². The van der Waals surface area contributed by atoms with Gasteiger partial charge in [0.2, 0.25) is 16.7 Å². The van der Waals surface area contributed by atoms with E-state index in [1.165, 1.54) is 27.4 Å². The average molecular weight is 415 g/mol. The van der Waals surface area contributed by atoms with Gasteiger partial charge in [-0.15, -0.1) is 5.10 Å². The summed E-state index contributed by atoms with van der Waals surface area (Å²) in [5.41, 5.74) is 2.47. The fraction of sp³-hybridized carbons (Fsp3) is 0.476. The molecule has 1 atom stereocenters. The lowest BCUT2D eigenvalue weighted by molar-refractivity contribution is -0.929. The molecule has 3 aromatic rings. The number of amides is 1. The maximum absolute atomic E-state index is 11.7. The first kappa shape index (κ1) is 19.8. The van der Waals surface area contributed by atoms with Crippen LogP contribution in [0.4, 0.5) is 0 Å². The minimum atomic E-state index is -0.00593. The lowest BCUT2D eigenvalue weighted by Crippen LogP contribution is -3.15. The van der Waals surface area contributed by atoms with Crippen LogP contribution in [0.3, 0.4) is 0 Å². The number of piperazine rings is 1. The molecule has 1 aromatic carbocycles. The number of nitrogens with one attached hydrogen (secondary N) is 1. The molecular weight excluding hydrogens is 386 g/mol. The summed E-state index contributed by atoms with van der Waals surface area (Å²) < 4.78 is 1.57. The number of aromatic nitrogens is 3. The molecule has 29 heavy (non-hydrogen) atoms. The van der Waals surface area contributed by atoms with E-state index in [1.54, 1.807) is 11.4 Å². The van der Waals surface area contributed by atoms with Gasteiger partial charge in [0.25, 0.3) is 0 Å². The first-order valence-electron chi connectivity index (χ1n) is 10.3. The van der Waals surface area contributed by atoms with Crippen LogP contribution in [0, 0.1) is 0 Å². The molecule has 8 heteroatoms. The number of rotatable bonds is 5. The van der Waals surface area contributed by atoms with Crippen LogP contribution in [0.1, 0.15) is 48.6 Å². The standard InChI is InChI=1S/C21H27N5O2S/c1-4-15-6-8-16(9-7-15)18(25-12-10-24(11-13-25)14(3)27)19-20(28)26-21(29-19)22-17(5-2)23-26/h6-9,18,28H,4-5,10-13H2,1-3H3/p+1/t18-/m1/s1. The van der Waals surface area contributed by atoms with E-state index in [0.717, 1.165) is 54.7 Å². The number of hydrogen-bond donors (Lipinski definition) is 2. The summed E-state index contributed by atoms with van der Waals surface area (Å²) in [5, 5.41) is 15.4. The molecule has 3 heterocycles. The number of quaternary nitrogens is 1. The van der Waals surface area contributed by atoms with Gasteiger partial charge in [0.15, 0.2) is 11.9 Å². The van der Waals surface area contributed by atoms with Crippen LogP contribution in [0.2, 0.25) is 0 Å². The van der Waals surface area contributed by atoms with Crippen molar-refractivity contribution < 1.29 is 14.8 Å². The second-order valence-corrected chi connectivity index (χ2v) is 8.57. The quantitative estimate of drug-likeness (QED) is 0.663. The highest BCUT2D eigenvalue weighted by atomic mass is 32.1. The summed E-state index contributed by atoms with van der Waals surface area (Å²) in [6.45, 7) is 8.93. The first-order valence-corrected chi connectivity index (χ1v) is 11.1. The number of carbonyl (C=O) groups is 1. The molecule has 2 N–H and O–H groups in total. The molecule has 0 spiro atoms. The van der Waals surface area contributed by atoms with E-state index in [9.17, 15) is 9.90 Å². The van der Waals surface area contributed by atoms with E-state index in [1.807, 2.05) is 11.8 Å². The van der Waals surface area contributed by atoms with Gasteiger partial charge in [-0.05, 0) is 12.0 Å². The van der Waals surface area contributed by atoms with E-state index in [-0.39, 0.29) is 17.8 Å². The highest BCUT2D eigenvalue weighted by molar-refractivity contribution is 7.17. The lowest BCUT2D eigenvalue weighted by Gasteiger charge is -2.36. The zero-order chi connectivity index (χ0) is 20.5. The third kappa shape index (κ3) is 3.74. The van der Waals surface area contributed by atoms with Crippen molar-refractivity contribution in [2.24, 2.45) is 0 Å². The van der Waals surface area contributed by atoms with E-state index in [2.05, 4.69) is 41.3 Å². The number of nitrogens with zero attached hydrogens (tertiary/aromatic N) is 4. The van der Waals surface area contributed by atoms with Gasteiger partial charge >= 0.3 is 0 Å². The summed E-state index contributed by atoms with van der Waals surface area (Å²) in [6, 6.07) is 8.66. The third-order valence-electron chi connectivity index (χ3n) is 5.80. The number of benzene rings is 1. The van der Waals surface area contributed by atoms with Gasteiger partial charge in [0.05, 0.1) is 26.2 Å². The Labute approximate surface area is 174 Å². The smallest absolute Gasteiger partial charge is 0.235 e. The molecule has 0 bridgehead atoms. The molecule has 7 nitrogen and oxygen atoms in total. The second-order valence-electron chi connectivity index (χ2n) is 7.56. The van der Waals surface area contributed by atoms with Gasteiger partial charge in [-0.1, -0.05) is 49.4 Å². The molecule has 4 rings (SSSR count). The molecule has 0 radical (unpaired) electrons. The molecule has 0 saturated carbocycles. The van der Waals surface area contributed by atoms with E-state index in [4.69, 9.17) is 0 Å². The zero-order valence-corrected chi connectivity index (χ0v) is 18.0. The fourth-order valence-electron chi connectivity index (χ4n) is 4.04. The zero-order valence-electron chi connectivity index (χ0n) is 17.2. The molecule has 1 saturated heterocycles. The third-order valence-corrected chi connectivity index (χ3v) is 6.89. The molecule has 2 aromatic heterocycles. The van der Waals surface area contributed by atoms with Crippen molar-refractivity contribution in [3.8, 4) is 5.88 Å². The van der Waals surface area contributed by atoms with E-state index in [0.29, 0.717) is 0 Å². The molecule has 1 fully saturated rings.